The van der Waals surface area contributed by atoms with Gasteiger partial charge in [0.2, 0.25) is 0 Å². The molecule has 22 heavy (non-hydrogen) atoms. The average Bonchev–Trinajstić information content (AvgIpc) is 2.55. The van der Waals surface area contributed by atoms with E-state index in [4.69, 9.17) is 0 Å². The normalized spacial score (nSPS) is 12.0. The standard InChI is InChI=1S/C17H19N3O2/c1-2-15(19-14-9-4-3-5-10-14)17(22)20-18-12-13-8-6-7-11-16(13)21/h3-12,15,19,21H,2H2,1H3,(H,20,22)/b18-12+. The number of anilines is 1. The van der Waals surface area contributed by atoms with Crippen LogP contribution in [0.3, 0.4) is 0 Å². The fourth-order valence-corrected chi connectivity index (χ4v) is 1.93. The molecule has 5 nitrogen and oxygen atoms in total. The first-order valence-electron chi connectivity index (χ1n) is 7.13. The molecular weight excluding hydrogens is 278 g/mol. The molecule has 3 N–H and O–H groups in total. The van der Waals surface area contributed by atoms with Gasteiger partial charge in [0, 0.05) is 11.3 Å². The number of hydrogen-bond acceptors (Lipinski definition) is 4. The minimum Gasteiger partial charge on any atom is -0.507 e. The number of nitrogens with one attached hydrogen (secondary N) is 2. The van der Waals surface area contributed by atoms with Crippen LogP contribution in [0.2, 0.25) is 0 Å². The molecule has 1 amide bonds. The minimum atomic E-state index is -0.371. The number of phenolic OH excluding ortho intramolecular Hbond substituents is 1. The molecule has 0 saturated carbocycles. The molecule has 0 saturated heterocycles. The van der Waals surface area contributed by atoms with Gasteiger partial charge in [-0.25, -0.2) is 5.43 Å². The van der Waals surface area contributed by atoms with Crippen LogP contribution in [0.25, 0.3) is 0 Å². The number of aromatic hydroxyl groups is 1. The fourth-order valence-electron chi connectivity index (χ4n) is 1.93. The Labute approximate surface area is 129 Å². The Bertz CT molecular complexity index is 641. The Kier molecular flexibility index (Phi) is 5.54. The van der Waals surface area contributed by atoms with Crippen molar-refractivity contribution in [1.82, 2.24) is 5.43 Å². The second-order valence-electron chi connectivity index (χ2n) is 4.76. The summed E-state index contributed by atoms with van der Waals surface area (Å²) < 4.78 is 0. The van der Waals surface area contributed by atoms with Gasteiger partial charge in [0.15, 0.2) is 0 Å². The monoisotopic (exact) mass is 297 g/mol. The SMILES string of the molecule is CCC(Nc1ccccc1)C(=O)N/N=C/c1ccccc1O. The van der Waals surface area contributed by atoms with Gasteiger partial charge in [-0.3, -0.25) is 4.79 Å². The molecule has 114 valence electrons. The topological polar surface area (TPSA) is 73.7 Å². The Hall–Kier alpha value is -2.82. The smallest absolute Gasteiger partial charge is 0.262 e. The van der Waals surface area contributed by atoms with Gasteiger partial charge >= 0.3 is 0 Å². The molecule has 0 heterocycles. The van der Waals surface area contributed by atoms with Crippen LogP contribution >= 0.6 is 0 Å². The summed E-state index contributed by atoms with van der Waals surface area (Å²) in [6.07, 6.45) is 2.05. The zero-order valence-corrected chi connectivity index (χ0v) is 12.4. The van der Waals surface area contributed by atoms with Crippen LogP contribution in [-0.2, 0) is 4.79 Å². The maximum absolute atomic E-state index is 12.1. The van der Waals surface area contributed by atoms with E-state index in [0.29, 0.717) is 12.0 Å². The molecule has 0 bridgehead atoms. The van der Waals surface area contributed by atoms with E-state index in [-0.39, 0.29) is 17.7 Å². The molecule has 2 aromatic carbocycles. The van der Waals surface area contributed by atoms with Gasteiger partial charge in [-0.05, 0) is 30.7 Å². The van der Waals surface area contributed by atoms with E-state index in [1.165, 1.54) is 6.21 Å². The summed E-state index contributed by atoms with van der Waals surface area (Å²) in [4.78, 5) is 12.1. The van der Waals surface area contributed by atoms with E-state index < -0.39 is 0 Å². The second kappa shape index (κ2) is 7.83. The maximum atomic E-state index is 12.1. The lowest BCUT2D eigenvalue weighted by molar-refractivity contribution is -0.121. The first-order chi connectivity index (χ1) is 10.7. The number of amides is 1. The van der Waals surface area contributed by atoms with Gasteiger partial charge in [0.1, 0.15) is 11.8 Å². The molecule has 0 aliphatic heterocycles. The van der Waals surface area contributed by atoms with E-state index in [1.54, 1.807) is 24.3 Å². The van der Waals surface area contributed by atoms with E-state index in [9.17, 15) is 9.90 Å². The summed E-state index contributed by atoms with van der Waals surface area (Å²) in [6, 6.07) is 16.0. The van der Waals surface area contributed by atoms with Gasteiger partial charge in [0.05, 0.1) is 6.21 Å². The zero-order chi connectivity index (χ0) is 15.8. The van der Waals surface area contributed by atoms with Crippen LogP contribution in [0.1, 0.15) is 18.9 Å². The van der Waals surface area contributed by atoms with Crippen molar-refractivity contribution in [2.45, 2.75) is 19.4 Å². The van der Waals surface area contributed by atoms with Crippen LogP contribution in [0, 0.1) is 0 Å². The van der Waals surface area contributed by atoms with Gasteiger partial charge in [-0.2, -0.15) is 5.10 Å². The Balaban J connectivity index is 1.94. The summed E-state index contributed by atoms with van der Waals surface area (Å²) in [5.41, 5.74) is 3.92. The zero-order valence-electron chi connectivity index (χ0n) is 12.4. The summed E-state index contributed by atoms with van der Waals surface area (Å²) >= 11 is 0. The molecule has 0 aliphatic rings. The quantitative estimate of drug-likeness (QED) is 0.567. The lowest BCUT2D eigenvalue weighted by atomic mass is 10.2. The first kappa shape index (κ1) is 15.6. The van der Waals surface area contributed by atoms with Crippen LogP contribution < -0.4 is 10.7 Å². The second-order valence-corrected chi connectivity index (χ2v) is 4.76. The van der Waals surface area contributed by atoms with E-state index in [2.05, 4.69) is 15.8 Å². The number of carbonyl (C=O) groups is 1. The van der Waals surface area contributed by atoms with Crippen molar-refractivity contribution in [2.75, 3.05) is 5.32 Å². The van der Waals surface area contributed by atoms with Crippen LogP contribution in [-0.4, -0.2) is 23.3 Å². The van der Waals surface area contributed by atoms with Crippen molar-refractivity contribution < 1.29 is 9.90 Å². The number of para-hydroxylation sites is 2. The van der Waals surface area contributed by atoms with Crippen molar-refractivity contribution in [3.05, 3.63) is 60.2 Å². The Morgan fingerprint density at radius 1 is 1.18 bits per heavy atom. The van der Waals surface area contributed by atoms with Crippen molar-refractivity contribution in [3.8, 4) is 5.75 Å². The highest BCUT2D eigenvalue weighted by molar-refractivity contribution is 5.87. The molecule has 2 rings (SSSR count). The third-order valence-electron chi connectivity index (χ3n) is 3.15. The number of carbonyl (C=O) groups excluding carboxylic acids is 1. The number of nitrogens with zero attached hydrogens (tertiary/aromatic N) is 1. The molecule has 0 spiro atoms. The predicted molar refractivity (Wildman–Crippen MR) is 88.0 cm³/mol. The lowest BCUT2D eigenvalue weighted by Crippen LogP contribution is -2.36. The molecule has 5 heteroatoms. The van der Waals surface area contributed by atoms with Crippen LogP contribution in [0.15, 0.2) is 59.7 Å². The largest absolute Gasteiger partial charge is 0.507 e. The van der Waals surface area contributed by atoms with Gasteiger partial charge < -0.3 is 10.4 Å². The van der Waals surface area contributed by atoms with E-state index >= 15 is 0 Å². The molecular formula is C17H19N3O2. The lowest BCUT2D eigenvalue weighted by Gasteiger charge is -2.16. The fraction of sp³-hybridized carbons (Fsp3) is 0.176. The first-order valence-corrected chi connectivity index (χ1v) is 7.13. The van der Waals surface area contributed by atoms with Crippen molar-refractivity contribution >= 4 is 17.8 Å². The molecule has 1 unspecified atom stereocenters. The van der Waals surface area contributed by atoms with Crippen molar-refractivity contribution in [2.24, 2.45) is 5.10 Å². The number of phenols is 1. The molecule has 0 aliphatic carbocycles. The molecule has 2 aromatic rings. The third-order valence-corrected chi connectivity index (χ3v) is 3.15. The Morgan fingerprint density at radius 3 is 2.55 bits per heavy atom. The maximum Gasteiger partial charge on any atom is 0.262 e. The van der Waals surface area contributed by atoms with Crippen molar-refractivity contribution in [3.63, 3.8) is 0 Å². The highest BCUT2D eigenvalue weighted by Gasteiger charge is 2.15. The number of benzene rings is 2. The molecule has 0 aromatic heterocycles. The summed E-state index contributed by atoms with van der Waals surface area (Å²) in [6.45, 7) is 1.92. The molecule has 1 atom stereocenters. The number of hydrogen-bond donors (Lipinski definition) is 3. The van der Waals surface area contributed by atoms with Crippen LogP contribution in [0.5, 0.6) is 5.75 Å². The number of hydrazone groups is 1. The number of rotatable bonds is 6. The van der Waals surface area contributed by atoms with Gasteiger partial charge in [-0.1, -0.05) is 37.3 Å². The van der Waals surface area contributed by atoms with Gasteiger partial charge in [-0.15, -0.1) is 0 Å². The van der Waals surface area contributed by atoms with Crippen molar-refractivity contribution in [1.29, 1.82) is 0 Å². The van der Waals surface area contributed by atoms with E-state index in [1.807, 2.05) is 37.3 Å². The highest BCUT2D eigenvalue weighted by Crippen LogP contribution is 2.12. The highest BCUT2D eigenvalue weighted by atomic mass is 16.3. The van der Waals surface area contributed by atoms with Crippen LogP contribution in [0.4, 0.5) is 5.69 Å². The average molecular weight is 297 g/mol. The minimum absolute atomic E-state index is 0.120. The molecule has 0 fully saturated rings. The summed E-state index contributed by atoms with van der Waals surface area (Å²) in [7, 11) is 0. The molecule has 0 radical (unpaired) electrons. The third kappa shape index (κ3) is 4.34. The van der Waals surface area contributed by atoms with E-state index in [0.717, 1.165) is 5.69 Å². The summed E-state index contributed by atoms with van der Waals surface area (Å²) in [5, 5.41) is 16.7. The Morgan fingerprint density at radius 2 is 1.86 bits per heavy atom. The predicted octanol–water partition coefficient (Wildman–Crippen LogP) is 2.73. The van der Waals surface area contributed by atoms with Gasteiger partial charge in [0.25, 0.3) is 5.91 Å². The summed E-state index contributed by atoms with van der Waals surface area (Å²) in [5.74, 6) is -0.104.